The van der Waals surface area contributed by atoms with Crippen LogP contribution in [0.25, 0.3) is 0 Å². The van der Waals surface area contributed by atoms with Crippen molar-refractivity contribution in [2.75, 3.05) is 0 Å². The molecule has 0 unspecified atom stereocenters. The topological polar surface area (TPSA) is 34.9 Å². The summed E-state index contributed by atoms with van der Waals surface area (Å²) in [6.45, 7) is 2.37. The Bertz CT molecular complexity index is 563. The van der Waals surface area contributed by atoms with Crippen molar-refractivity contribution in [1.82, 2.24) is 9.55 Å². The van der Waals surface area contributed by atoms with Crippen LogP contribution in [-0.2, 0) is 6.54 Å². The van der Waals surface area contributed by atoms with Gasteiger partial charge in [0, 0.05) is 18.9 Å². The number of nitrogens with zero attached hydrogens (tertiary/aromatic N) is 2. The number of carbonyl (C=O) groups is 1. The van der Waals surface area contributed by atoms with Crippen LogP contribution in [0.4, 0.5) is 8.78 Å². The quantitative estimate of drug-likeness (QED) is 0.767. The van der Waals surface area contributed by atoms with Crippen LogP contribution in [0.2, 0.25) is 0 Å². The van der Waals surface area contributed by atoms with Crippen molar-refractivity contribution in [1.29, 1.82) is 0 Å². The van der Waals surface area contributed by atoms with Crippen LogP contribution in [0.5, 0.6) is 0 Å². The Labute approximate surface area is 96.7 Å². The number of ketones is 1. The third-order valence-corrected chi connectivity index (χ3v) is 2.46. The molecular weight excluding hydrogens is 226 g/mol. The molecule has 0 bridgehead atoms. The molecule has 0 saturated carbocycles. The predicted octanol–water partition coefficient (Wildman–Crippen LogP) is 2.41. The number of halogens is 2. The highest BCUT2D eigenvalue weighted by Crippen LogP contribution is 2.15. The molecule has 5 heteroatoms. The van der Waals surface area contributed by atoms with Crippen molar-refractivity contribution in [2.45, 2.75) is 13.5 Å². The van der Waals surface area contributed by atoms with E-state index in [1.807, 2.05) is 6.92 Å². The maximum Gasteiger partial charge on any atom is 0.231 e. The van der Waals surface area contributed by atoms with Crippen LogP contribution in [0.1, 0.15) is 23.1 Å². The van der Waals surface area contributed by atoms with E-state index in [-0.39, 0.29) is 11.4 Å². The van der Waals surface area contributed by atoms with Gasteiger partial charge >= 0.3 is 0 Å². The van der Waals surface area contributed by atoms with Gasteiger partial charge in [-0.1, -0.05) is 6.07 Å². The van der Waals surface area contributed by atoms with Crippen molar-refractivity contribution >= 4 is 5.78 Å². The SMILES string of the molecule is CCn1ccnc1C(=O)c1cccc(F)c1F. The van der Waals surface area contributed by atoms with Crippen molar-refractivity contribution in [3.8, 4) is 0 Å². The molecule has 0 radical (unpaired) electrons. The lowest BCUT2D eigenvalue weighted by Crippen LogP contribution is -2.12. The van der Waals surface area contributed by atoms with Gasteiger partial charge in [0.1, 0.15) is 0 Å². The molecule has 0 spiro atoms. The summed E-state index contributed by atoms with van der Waals surface area (Å²) in [5.74, 6) is -2.68. The van der Waals surface area contributed by atoms with Crippen LogP contribution in [0, 0.1) is 11.6 Å². The van der Waals surface area contributed by atoms with E-state index in [0.29, 0.717) is 6.54 Å². The number of aryl methyl sites for hydroxylation is 1. The smallest absolute Gasteiger partial charge is 0.231 e. The predicted molar refractivity (Wildman–Crippen MR) is 57.7 cm³/mol. The molecule has 0 amide bonds. The Balaban J connectivity index is 2.48. The van der Waals surface area contributed by atoms with Crippen LogP contribution in [-0.4, -0.2) is 15.3 Å². The number of imidazole rings is 1. The summed E-state index contributed by atoms with van der Waals surface area (Å²) in [5, 5.41) is 0. The lowest BCUT2D eigenvalue weighted by molar-refractivity contribution is 0.102. The van der Waals surface area contributed by atoms with Crippen LogP contribution in [0.15, 0.2) is 30.6 Å². The monoisotopic (exact) mass is 236 g/mol. The molecule has 2 aromatic rings. The van der Waals surface area contributed by atoms with Crippen molar-refractivity contribution < 1.29 is 13.6 Å². The average Bonchev–Trinajstić information content (AvgIpc) is 2.80. The Morgan fingerprint density at radius 2 is 2.18 bits per heavy atom. The normalized spacial score (nSPS) is 10.5. The van der Waals surface area contributed by atoms with Gasteiger partial charge in [-0.3, -0.25) is 4.79 Å². The summed E-state index contributed by atoms with van der Waals surface area (Å²) in [6, 6.07) is 3.51. The van der Waals surface area contributed by atoms with Gasteiger partial charge in [-0.15, -0.1) is 0 Å². The molecule has 88 valence electrons. The Morgan fingerprint density at radius 1 is 1.41 bits per heavy atom. The number of aromatic nitrogens is 2. The lowest BCUT2D eigenvalue weighted by Gasteiger charge is -2.05. The van der Waals surface area contributed by atoms with Gasteiger partial charge in [-0.25, -0.2) is 13.8 Å². The first-order valence-corrected chi connectivity index (χ1v) is 5.15. The van der Waals surface area contributed by atoms with Crippen molar-refractivity contribution in [3.63, 3.8) is 0 Å². The van der Waals surface area contributed by atoms with Crippen molar-refractivity contribution in [2.24, 2.45) is 0 Å². The van der Waals surface area contributed by atoms with E-state index in [9.17, 15) is 13.6 Å². The largest absolute Gasteiger partial charge is 0.328 e. The van der Waals surface area contributed by atoms with Gasteiger partial charge in [0.25, 0.3) is 0 Å². The second-order valence-corrected chi connectivity index (χ2v) is 3.47. The first-order chi connectivity index (χ1) is 8.15. The number of rotatable bonds is 3. The zero-order valence-electron chi connectivity index (χ0n) is 9.15. The molecule has 17 heavy (non-hydrogen) atoms. The summed E-state index contributed by atoms with van der Waals surface area (Å²) >= 11 is 0. The molecule has 3 nitrogen and oxygen atoms in total. The molecular formula is C12H10F2N2O. The minimum Gasteiger partial charge on any atom is -0.328 e. The van der Waals surface area contributed by atoms with Gasteiger partial charge in [-0.05, 0) is 19.1 Å². The second-order valence-electron chi connectivity index (χ2n) is 3.47. The standard InChI is InChI=1S/C12H10F2N2O/c1-2-16-7-6-15-12(16)11(17)8-4-3-5-9(13)10(8)14/h3-7H,2H2,1H3. The van der Waals surface area contributed by atoms with E-state index in [0.717, 1.165) is 6.07 Å². The van der Waals surface area contributed by atoms with Crippen molar-refractivity contribution in [3.05, 3.63) is 53.6 Å². The van der Waals surface area contributed by atoms with Gasteiger partial charge in [0.15, 0.2) is 17.5 Å². The molecule has 0 aliphatic rings. The maximum atomic E-state index is 13.4. The summed E-state index contributed by atoms with van der Waals surface area (Å²) in [6.07, 6.45) is 3.07. The van der Waals surface area contributed by atoms with E-state index in [1.165, 1.54) is 18.3 Å². The zero-order valence-corrected chi connectivity index (χ0v) is 9.15. The fourth-order valence-corrected chi connectivity index (χ4v) is 1.57. The summed E-state index contributed by atoms with van der Waals surface area (Å²) in [7, 11) is 0. The molecule has 0 aliphatic heterocycles. The van der Waals surface area contributed by atoms with E-state index in [2.05, 4.69) is 4.98 Å². The fourth-order valence-electron chi connectivity index (χ4n) is 1.57. The third-order valence-electron chi connectivity index (χ3n) is 2.46. The zero-order chi connectivity index (χ0) is 12.4. The number of carbonyl (C=O) groups excluding carboxylic acids is 1. The van der Waals surface area contributed by atoms with Gasteiger partial charge in [0.05, 0.1) is 5.56 Å². The number of hydrogen-bond acceptors (Lipinski definition) is 2. The third kappa shape index (κ3) is 1.95. The number of benzene rings is 1. The van der Waals surface area contributed by atoms with Crippen LogP contribution < -0.4 is 0 Å². The molecule has 0 fully saturated rings. The molecule has 0 N–H and O–H groups in total. The Kier molecular flexibility index (Phi) is 2.99. The van der Waals surface area contributed by atoms with E-state index < -0.39 is 17.4 Å². The minimum atomic E-state index is -1.14. The highest BCUT2D eigenvalue weighted by molar-refractivity contribution is 6.06. The first kappa shape index (κ1) is 11.4. The molecule has 1 aromatic carbocycles. The summed E-state index contributed by atoms with van der Waals surface area (Å²) in [4.78, 5) is 15.8. The second kappa shape index (κ2) is 4.45. The molecule has 0 atom stereocenters. The van der Waals surface area contributed by atoms with E-state index in [1.54, 1.807) is 10.8 Å². The van der Waals surface area contributed by atoms with E-state index in [4.69, 9.17) is 0 Å². The average molecular weight is 236 g/mol. The Morgan fingerprint density at radius 3 is 2.88 bits per heavy atom. The van der Waals surface area contributed by atoms with E-state index >= 15 is 0 Å². The minimum absolute atomic E-state index is 0.108. The highest BCUT2D eigenvalue weighted by Gasteiger charge is 2.20. The summed E-state index contributed by atoms with van der Waals surface area (Å²) < 4.78 is 28.0. The molecule has 2 rings (SSSR count). The first-order valence-electron chi connectivity index (χ1n) is 5.15. The van der Waals surface area contributed by atoms with Gasteiger partial charge in [-0.2, -0.15) is 0 Å². The molecule has 0 aliphatic carbocycles. The molecule has 0 saturated heterocycles. The van der Waals surface area contributed by atoms with Crippen LogP contribution in [0.3, 0.4) is 0 Å². The summed E-state index contributed by atoms with van der Waals surface area (Å²) in [5.41, 5.74) is -0.300. The van der Waals surface area contributed by atoms with Gasteiger partial charge < -0.3 is 4.57 Å². The highest BCUT2D eigenvalue weighted by atomic mass is 19.2. The van der Waals surface area contributed by atoms with Crippen LogP contribution >= 0.6 is 0 Å². The fraction of sp³-hybridized carbons (Fsp3) is 0.167. The number of hydrogen-bond donors (Lipinski definition) is 0. The Hall–Kier alpha value is -2.04. The molecule has 1 heterocycles. The van der Waals surface area contributed by atoms with Gasteiger partial charge in [0.2, 0.25) is 5.78 Å². The molecule has 1 aromatic heterocycles. The lowest BCUT2D eigenvalue weighted by atomic mass is 10.1. The maximum absolute atomic E-state index is 13.4.